The van der Waals surface area contributed by atoms with Gasteiger partial charge in [-0.25, -0.2) is 0 Å². The van der Waals surface area contributed by atoms with E-state index in [0.717, 1.165) is 28.9 Å². The first-order chi connectivity index (χ1) is 14.2. The van der Waals surface area contributed by atoms with Crippen LogP contribution in [-0.2, 0) is 4.79 Å². The van der Waals surface area contributed by atoms with E-state index in [1.807, 2.05) is 78.9 Å². The molecule has 0 spiro atoms. The SMILES string of the molecule is O=C(CCC(=O)c1ccc(-c2ccccc2)cc1)N[C@H]1CCOc2ccccc21. The molecule has 1 aliphatic rings. The quantitative estimate of drug-likeness (QED) is 0.611. The molecule has 4 nitrogen and oxygen atoms in total. The number of hydrogen-bond acceptors (Lipinski definition) is 3. The Hall–Kier alpha value is -3.40. The average Bonchev–Trinajstić information content (AvgIpc) is 2.78. The van der Waals surface area contributed by atoms with Crippen molar-refractivity contribution in [1.29, 1.82) is 0 Å². The average molecular weight is 385 g/mol. The third-order valence-electron chi connectivity index (χ3n) is 5.19. The van der Waals surface area contributed by atoms with Crippen LogP contribution >= 0.6 is 0 Å². The van der Waals surface area contributed by atoms with Crippen molar-refractivity contribution in [2.45, 2.75) is 25.3 Å². The lowest BCUT2D eigenvalue weighted by Gasteiger charge is -2.26. The van der Waals surface area contributed by atoms with Crippen molar-refractivity contribution in [2.24, 2.45) is 0 Å². The van der Waals surface area contributed by atoms with Gasteiger partial charge in [0.1, 0.15) is 5.75 Å². The van der Waals surface area contributed by atoms with Crippen LogP contribution < -0.4 is 10.1 Å². The third kappa shape index (κ3) is 4.54. The Morgan fingerprint density at radius 1 is 0.828 bits per heavy atom. The number of ether oxygens (including phenoxy) is 1. The van der Waals surface area contributed by atoms with E-state index in [2.05, 4.69) is 5.32 Å². The zero-order chi connectivity index (χ0) is 20.1. The van der Waals surface area contributed by atoms with Crippen molar-refractivity contribution in [3.8, 4) is 16.9 Å². The second kappa shape index (κ2) is 8.74. The smallest absolute Gasteiger partial charge is 0.220 e. The van der Waals surface area contributed by atoms with Crippen LogP contribution in [0.2, 0.25) is 0 Å². The van der Waals surface area contributed by atoms with Crippen LogP contribution in [0.25, 0.3) is 11.1 Å². The molecule has 146 valence electrons. The maximum atomic E-state index is 12.5. The Kier molecular flexibility index (Phi) is 5.71. The summed E-state index contributed by atoms with van der Waals surface area (Å²) in [6.07, 6.45) is 1.11. The highest BCUT2D eigenvalue weighted by Crippen LogP contribution is 2.31. The first-order valence-corrected chi connectivity index (χ1v) is 9.90. The molecule has 0 unspecified atom stereocenters. The van der Waals surface area contributed by atoms with Gasteiger partial charge in [0, 0.05) is 30.4 Å². The molecule has 29 heavy (non-hydrogen) atoms. The molecule has 0 radical (unpaired) electrons. The van der Waals surface area contributed by atoms with Crippen molar-refractivity contribution in [2.75, 3.05) is 6.61 Å². The molecule has 0 aromatic heterocycles. The highest BCUT2D eigenvalue weighted by molar-refractivity contribution is 5.98. The number of Topliss-reactive ketones (excluding diaryl/α,β-unsaturated/α-hetero) is 1. The van der Waals surface area contributed by atoms with Crippen LogP contribution in [0.15, 0.2) is 78.9 Å². The van der Waals surface area contributed by atoms with Crippen LogP contribution in [0.3, 0.4) is 0 Å². The Bertz CT molecular complexity index is 996. The molecule has 1 N–H and O–H groups in total. The van der Waals surface area contributed by atoms with Crippen molar-refractivity contribution in [3.05, 3.63) is 90.0 Å². The molecule has 1 aliphatic heterocycles. The minimum atomic E-state index is -0.110. The van der Waals surface area contributed by atoms with Gasteiger partial charge in [-0.15, -0.1) is 0 Å². The van der Waals surface area contributed by atoms with Crippen LogP contribution in [0.4, 0.5) is 0 Å². The summed E-state index contributed by atoms with van der Waals surface area (Å²) in [5, 5.41) is 3.04. The number of carbonyl (C=O) groups excluding carboxylic acids is 2. The molecule has 1 atom stereocenters. The largest absolute Gasteiger partial charge is 0.493 e. The minimum absolute atomic E-state index is 0.0212. The van der Waals surface area contributed by atoms with Gasteiger partial charge in [0.05, 0.1) is 12.6 Å². The van der Waals surface area contributed by atoms with E-state index >= 15 is 0 Å². The molecular weight excluding hydrogens is 362 g/mol. The fraction of sp³-hybridized carbons (Fsp3) is 0.200. The lowest BCUT2D eigenvalue weighted by atomic mass is 9.99. The van der Waals surface area contributed by atoms with Gasteiger partial charge in [0.25, 0.3) is 0 Å². The highest BCUT2D eigenvalue weighted by atomic mass is 16.5. The number of ketones is 1. The maximum Gasteiger partial charge on any atom is 0.220 e. The van der Waals surface area contributed by atoms with E-state index in [1.54, 1.807) is 0 Å². The van der Waals surface area contributed by atoms with Gasteiger partial charge in [-0.1, -0.05) is 72.8 Å². The van der Waals surface area contributed by atoms with Crippen LogP contribution in [0.1, 0.15) is 41.2 Å². The monoisotopic (exact) mass is 385 g/mol. The summed E-state index contributed by atoms with van der Waals surface area (Å²) in [6, 6.07) is 25.3. The van der Waals surface area contributed by atoms with E-state index in [-0.39, 0.29) is 30.6 Å². The normalized spacial score (nSPS) is 15.1. The number of para-hydroxylation sites is 1. The summed E-state index contributed by atoms with van der Waals surface area (Å²) in [7, 11) is 0. The predicted molar refractivity (Wildman–Crippen MR) is 113 cm³/mol. The first kappa shape index (κ1) is 18.9. The van der Waals surface area contributed by atoms with E-state index in [9.17, 15) is 9.59 Å². The lowest BCUT2D eigenvalue weighted by Crippen LogP contribution is -2.32. The fourth-order valence-corrected chi connectivity index (χ4v) is 3.61. The molecule has 4 rings (SSSR count). The molecular formula is C25H23NO3. The van der Waals surface area contributed by atoms with Gasteiger partial charge in [0.15, 0.2) is 5.78 Å². The topological polar surface area (TPSA) is 55.4 Å². The Morgan fingerprint density at radius 2 is 1.52 bits per heavy atom. The molecule has 4 heteroatoms. The summed E-state index contributed by atoms with van der Waals surface area (Å²) >= 11 is 0. The number of nitrogens with one attached hydrogen (secondary N) is 1. The number of carbonyl (C=O) groups is 2. The van der Waals surface area contributed by atoms with Crippen molar-refractivity contribution in [3.63, 3.8) is 0 Å². The highest BCUT2D eigenvalue weighted by Gasteiger charge is 2.22. The number of hydrogen-bond donors (Lipinski definition) is 1. The summed E-state index contributed by atoms with van der Waals surface area (Å²) in [6.45, 7) is 0.578. The van der Waals surface area contributed by atoms with Crippen LogP contribution in [0.5, 0.6) is 5.75 Å². The molecule has 0 fully saturated rings. The van der Waals surface area contributed by atoms with Crippen LogP contribution in [-0.4, -0.2) is 18.3 Å². The zero-order valence-electron chi connectivity index (χ0n) is 16.1. The second-order valence-electron chi connectivity index (χ2n) is 7.16. The molecule has 0 aliphatic carbocycles. The molecule has 0 bridgehead atoms. The van der Waals surface area contributed by atoms with Crippen molar-refractivity contribution >= 4 is 11.7 Å². The molecule has 0 saturated carbocycles. The molecule has 0 saturated heterocycles. The Morgan fingerprint density at radius 3 is 2.31 bits per heavy atom. The van der Waals surface area contributed by atoms with Crippen molar-refractivity contribution in [1.82, 2.24) is 5.32 Å². The number of amides is 1. The maximum absolute atomic E-state index is 12.5. The lowest BCUT2D eigenvalue weighted by molar-refractivity contribution is -0.122. The Labute approximate surface area is 170 Å². The number of fused-ring (bicyclic) bond motifs is 1. The summed E-state index contributed by atoms with van der Waals surface area (Å²) in [5.41, 5.74) is 3.81. The fourth-order valence-electron chi connectivity index (χ4n) is 3.61. The molecule has 1 heterocycles. The zero-order valence-corrected chi connectivity index (χ0v) is 16.1. The second-order valence-corrected chi connectivity index (χ2v) is 7.16. The van der Waals surface area contributed by atoms with E-state index < -0.39 is 0 Å². The van der Waals surface area contributed by atoms with Gasteiger partial charge >= 0.3 is 0 Å². The Balaban J connectivity index is 1.32. The van der Waals surface area contributed by atoms with E-state index in [1.165, 1.54) is 0 Å². The van der Waals surface area contributed by atoms with E-state index in [0.29, 0.717) is 12.2 Å². The van der Waals surface area contributed by atoms with Crippen molar-refractivity contribution < 1.29 is 14.3 Å². The summed E-state index contributed by atoms with van der Waals surface area (Å²) in [4.78, 5) is 24.9. The van der Waals surface area contributed by atoms with Gasteiger partial charge in [-0.2, -0.15) is 0 Å². The minimum Gasteiger partial charge on any atom is -0.493 e. The molecule has 3 aromatic rings. The van der Waals surface area contributed by atoms with Gasteiger partial charge in [0.2, 0.25) is 5.91 Å². The predicted octanol–water partition coefficient (Wildman–Crippen LogP) is 4.96. The summed E-state index contributed by atoms with van der Waals surface area (Å²) in [5.74, 6) is 0.687. The van der Waals surface area contributed by atoms with Gasteiger partial charge < -0.3 is 10.1 Å². The summed E-state index contributed by atoms with van der Waals surface area (Å²) < 4.78 is 5.63. The van der Waals surface area contributed by atoms with Gasteiger partial charge in [-0.3, -0.25) is 9.59 Å². The molecule has 1 amide bonds. The third-order valence-corrected chi connectivity index (χ3v) is 5.19. The van der Waals surface area contributed by atoms with Crippen LogP contribution in [0, 0.1) is 0 Å². The molecule has 3 aromatic carbocycles. The standard InChI is InChI=1S/C25H23NO3/c27-23(20-12-10-19(11-13-20)18-6-2-1-3-7-18)14-15-25(28)26-22-16-17-29-24-9-5-4-8-21(22)24/h1-13,22H,14-17H2,(H,26,28)/t22-/m0/s1. The number of rotatable bonds is 6. The first-order valence-electron chi connectivity index (χ1n) is 9.90. The van der Waals surface area contributed by atoms with E-state index in [4.69, 9.17) is 4.74 Å². The van der Waals surface area contributed by atoms with Gasteiger partial charge in [-0.05, 0) is 17.2 Å². The number of benzene rings is 3.